The summed E-state index contributed by atoms with van der Waals surface area (Å²) in [6.45, 7) is 3.49. The zero-order chi connectivity index (χ0) is 16.5. The van der Waals surface area contributed by atoms with E-state index in [0.717, 1.165) is 18.4 Å². The lowest BCUT2D eigenvalue weighted by Crippen LogP contribution is -2.51. The molecule has 120 valence electrons. The van der Waals surface area contributed by atoms with E-state index in [-0.39, 0.29) is 16.5 Å². The molecule has 2 rings (SSSR count). The lowest BCUT2D eigenvalue weighted by molar-refractivity contribution is -0.385. The number of nitro benzene ring substituents is 1. The number of nitro groups is 1. The molecule has 0 aliphatic carbocycles. The van der Waals surface area contributed by atoms with E-state index in [4.69, 9.17) is 0 Å². The van der Waals surface area contributed by atoms with E-state index in [1.807, 2.05) is 6.92 Å². The molecule has 1 unspecified atom stereocenters. The summed E-state index contributed by atoms with van der Waals surface area (Å²) in [7, 11) is -3.64. The number of piperazine rings is 1. The predicted octanol–water partition coefficient (Wildman–Crippen LogP) is 0.432. The molecule has 0 radical (unpaired) electrons. The molecule has 1 aliphatic rings. The van der Waals surface area contributed by atoms with Gasteiger partial charge in [0.2, 0.25) is 0 Å². The first-order chi connectivity index (χ1) is 10.2. The third-order valence-corrected chi connectivity index (χ3v) is 4.53. The maximum Gasteiger partial charge on any atom is 0.271 e. The average molecular weight is 327 g/mol. The van der Waals surface area contributed by atoms with Crippen molar-refractivity contribution in [2.24, 2.45) is 0 Å². The van der Waals surface area contributed by atoms with E-state index >= 15 is 0 Å². The molecule has 1 aromatic rings. The Morgan fingerprint density at radius 2 is 2.09 bits per heavy atom. The topological polar surface area (TPSA) is 110 Å². The summed E-state index contributed by atoms with van der Waals surface area (Å²) in [4.78, 5) is 24.1. The highest BCUT2D eigenvalue weighted by Gasteiger charge is 2.25. The van der Waals surface area contributed by atoms with Crippen LogP contribution in [0.3, 0.4) is 0 Å². The van der Waals surface area contributed by atoms with Gasteiger partial charge in [0, 0.05) is 49.6 Å². The number of hydrogen-bond donors (Lipinski definition) is 1. The van der Waals surface area contributed by atoms with E-state index in [0.29, 0.717) is 19.6 Å². The quantitative estimate of drug-likeness (QED) is 0.637. The van der Waals surface area contributed by atoms with Crippen molar-refractivity contribution in [2.75, 3.05) is 25.9 Å². The second kappa shape index (κ2) is 6.01. The van der Waals surface area contributed by atoms with Crippen molar-refractivity contribution in [1.82, 2.24) is 10.2 Å². The second-order valence-corrected chi connectivity index (χ2v) is 7.37. The van der Waals surface area contributed by atoms with E-state index in [1.165, 1.54) is 6.07 Å². The van der Waals surface area contributed by atoms with Crippen LogP contribution in [0.15, 0.2) is 23.1 Å². The molecule has 1 aliphatic heterocycles. The molecule has 0 saturated carbocycles. The molecule has 1 aromatic carbocycles. The third kappa shape index (κ3) is 3.60. The van der Waals surface area contributed by atoms with Crippen LogP contribution in [0.2, 0.25) is 0 Å². The van der Waals surface area contributed by atoms with Crippen molar-refractivity contribution < 1.29 is 18.1 Å². The fraction of sp³-hybridized carbons (Fsp3) is 0.462. The van der Waals surface area contributed by atoms with Crippen molar-refractivity contribution in [1.29, 1.82) is 0 Å². The Kier molecular flexibility index (Phi) is 4.47. The van der Waals surface area contributed by atoms with E-state index < -0.39 is 26.4 Å². The zero-order valence-electron chi connectivity index (χ0n) is 12.3. The average Bonchev–Trinajstić information content (AvgIpc) is 2.45. The van der Waals surface area contributed by atoms with Gasteiger partial charge >= 0.3 is 0 Å². The number of non-ortho nitro benzene ring substituents is 1. The number of nitrogens with zero attached hydrogens (tertiary/aromatic N) is 2. The van der Waals surface area contributed by atoms with Gasteiger partial charge in [-0.15, -0.1) is 0 Å². The van der Waals surface area contributed by atoms with Crippen LogP contribution >= 0.6 is 0 Å². The molecule has 1 atom stereocenters. The van der Waals surface area contributed by atoms with Crippen molar-refractivity contribution in [3.05, 3.63) is 33.9 Å². The smallest absolute Gasteiger partial charge is 0.271 e. The van der Waals surface area contributed by atoms with Crippen LogP contribution in [0.1, 0.15) is 17.3 Å². The van der Waals surface area contributed by atoms with Gasteiger partial charge in [-0.25, -0.2) is 8.42 Å². The van der Waals surface area contributed by atoms with Crippen molar-refractivity contribution in [3.8, 4) is 0 Å². The van der Waals surface area contributed by atoms with Crippen molar-refractivity contribution in [3.63, 3.8) is 0 Å². The van der Waals surface area contributed by atoms with Gasteiger partial charge < -0.3 is 10.2 Å². The molecule has 0 aromatic heterocycles. The Hall–Kier alpha value is -2.00. The van der Waals surface area contributed by atoms with Crippen LogP contribution in [-0.4, -0.2) is 56.1 Å². The minimum atomic E-state index is -3.64. The van der Waals surface area contributed by atoms with Crippen molar-refractivity contribution in [2.45, 2.75) is 17.9 Å². The number of benzene rings is 1. The number of carbonyl (C=O) groups is 1. The normalized spacial score (nSPS) is 19.0. The van der Waals surface area contributed by atoms with Crippen LogP contribution in [0.5, 0.6) is 0 Å². The Balaban J connectivity index is 2.43. The molecule has 1 N–H and O–H groups in total. The predicted molar refractivity (Wildman–Crippen MR) is 79.6 cm³/mol. The van der Waals surface area contributed by atoms with Gasteiger partial charge in [0.25, 0.3) is 11.6 Å². The summed E-state index contributed by atoms with van der Waals surface area (Å²) >= 11 is 0. The van der Waals surface area contributed by atoms with Gasteiger partial charge in [0.05, 0.1) is 9.82 Å². The number of sulfone groups is 1. The maximum atomic E-state index is 12.5. The van der Waals surface area contributed by atoms with Gasteiger partial charge in [0.15, 0.2) is 9.84 Å². The molecule has 1 heterocycles. The number of hydrogen-bond acceptors (Lipinski definition) is 6. The minimum absolute atomic E-state index is 0.0173. The summed E-state index contributed by atoms with van der Waals surface area (Å²) in [6.07, 6.45) is 0.952. The molecule has 1 fully saturated rings. The summed E-state index contributed by atoms with van der Waals surface area (Å²) < 4.78 is 23.3. The third-order valence-electron chi connectivity index (χ3n) is 3.43. The number of carbonyl (C=O) groups excluding carboxylic acids is 1. The van der Waals surface area contributed by atoms with Gasteiger partial charge in [-0.05, 0) is 13.0 Å². The molecule has 0 bridgehead atoms. The molecule has 8 nitrogen and oxygen atoms in total. The molecular formula is C13H17N3O5S. The van der Waals surface area contributed by atoms with Gasteiger partial charge in [-0.3, -0.25) is 14.9 Å². The first kappa shape index (κ1) is 16.4. The lowest BCUT2D eigenvalue weighted by Gasteiger charge is -2.32. The number of nitrogens with one attached hydrogen (secondary N) is 1. The van der Waals surface area contributed by atoms with Crippen molar-refractivity contribution >= 4 is 21.4 Å². The standard InChI is InChI=1S/C13H17N3O5S/c1-9-8-15(4-3-14-9)13(17)10-5-11(16(18)19)7-12(6-10)22(2,20)21/h5-7,9,14H,3-4,8H2,1-2H3. The van der Waals surface area contributed by atoms with Crippen LogP contribution in [0, 0.1) is 10.1 Å². The number of amides is 1. The first-order valence-electron chi connectivity index (χ1n) is 6.70. The SMILES string of the molecule is CC1CN(C(=O)c2cc([N+](=O)[O-])cc(S(C)(=O)=O)c2)CCN1. The lowest BCUT2D eigenvalue weighted by atomic mass is 10.1. The first-order valence-corrected chi connectivity index (χ1v) is 8.60. The van der Waals surface area contributed by atoms with Gasteiger partial charge in [-0.1, -0.05) is 0 Å². The second-order valence-electron chi connectivity index (χ2n) is 5.35. The summed E-state index contributed by atoms with van der Waals surface area (Å²) in [5.74, 6) is -0.401. The van der Waals surface area contributed by atoms with E-state index in [9.17, 15) is 23.3 Å². The summed E-state index contributed by atoms with van der Waals surface area (Å²) in [6, 6.07) is 3.39. The monoisotopic (exact) mass is 327 g/mol. The highest BCUT2D eigenvalue weighted by molar-refractivity contribution is 7.90. The molecule has 9 heteroatoms. The zero-order valence-corrected chi connectivity index (χ0v) is 13.1. The summed E-state index contributed by atoms with van der Waals surface area (Å²) in [5.41, 5.74) is -0.391. The Morgan fingerprint density at radius 3 is 2.64 bits per heavy atom. The highest BCUT2D eigenvalue weighted by atomic mass is 32.2. The fourth-order valence-corrected chi connectivity index (χ4v) is 3.00. The minimum Gasteiger partial charge on any atom is -0.336 e. The Bertz CT molecular complexity index is 716. The van der Waals surface area contributed by atoms with Gasteiger partial charge in [-0.2, -0.15) is 0 Å². The molecule has 22 heavy (non-hydrogen) atoms. The summed E-state index contributed by atoms with van der Waals surface area (Å²) in [5, 5.41) is 14.1. The maximum absolute atomic E-state index is 12.5. The van der Waals surface area contributed by atoms with Crippen LogP contribution in [0.25, 0.3) is 0 Å². The fourth-order valence-electron chi connectivity index (χ4n) is 2.33. The number of rotatable bonds is 3. The molecular weight excluding hydrogens is 310 g/mol. The Labute approximate surface area is 128 Å². The Morgan fingerprint density at radius 1 is 1.41 bits per heavy atom. The van der Waals surface area contributed by atoms with E-state index in [2.05, 4.69) is 5.32 Å². The van der Waals surface area contributed by atoms with Crippen LogP contribution in [-0.2, 0) is 9.84 Å². The van der Waals surface area contributed by atoms with E-state index in [1.54, 1.807) is 4.90 Å². The highest BCUT2D eigenvalue weighted by Crippen LogP contribution is 2.22. The largest absolute Gasteiger partial charge is 0.336 e. The molecule has 1 saturated heterocycles. The van der Waals surface area contributed by atoms with Crippen LogP contribution < -0.4 is 5.32 Å². The molecule has 0 spiro atoms. The van der Waals surface area contributed by atoms with Gasteiger partial charge in [0.1, 0.15) is 0 Å². The van der Waals surface area contributed by atoms with Crippen LogP contribution in [0.4, 0.5) is 5.69 Å². The molecule has 1 amide bonds.